The summed E-state index contributed by atoms with van der Waals surface area (Å²) in [5.74, 6) is 2.91. The fourth-order valence-electron chi connectivity index (χ4n) is 3.18. The van der Waals surface area contributed by atoms with Crippen LogP contribution in [-0.4, -0.2) is 57.8 Å². The molecule has 6 nitrogen and oxygen atoms in total. The molecule has 0 radical (unpaired) electrons. The van der Waals surface area contributed by atoms with Gasteiger partial charge >= 0.3 is 0 Å². The van der Waals surface area contributed by atoms with Gasteiger partial charge in [-0.25, -0.2) is 0 Å². The molecular weight excluding hydrogens is 443 g/mol. The first-order valence-electron chi connectivity index (χ1n) is 9.21. The third kappa shape index (κ3) is 6.83. The van der Waals surface area contributed by atoms with Crippen molar-refractivity contribution < 1.29 is 9.47 Å². The zero-order valence-corrected chi connectivity index (χ0v) is 18.7. The van der Waals surface area contributed by atoms with Crippen LogP contribution in [0.4, 0.5) is 5.69 Å². The molecule has 26 heavy (non-hydrogen) atoms. The van der Waals surface area contributed by atoms with E-state index in [1.165, 1.54) is 19.4 Å². The Balaban J connectivity index is 0.00000338. The highest BCUT2D eigenvalue weighted by Gasteiger charge is 2.18. The number of hydrogen-bond acceptors (Lipinski definition) is 4. The molecule has 1 aromatic carbocycles. The maximum absolute atomic E-state index is 5.63. The Morgan fingerprint density at radius 3 is 2.77 bits per heavy atom. The molecule has 0 amide bonds. The smallest absolute Gasteiger partial charge is 0.195 e. The largest absolute Gasteiger partial charge is 0.493 e. The number of nitrogens with one attached hydrogen (secondary N) is 2. The highest BCUT2D eigenvalue weighted by molar-refractivity contribution is 14.0. The monoisotopic (exact) mass is 476 g/mol. The predicted molar refractivity (Wildman–Crippen MR) is 119 cm³/mol. The van der Waals surface area contributed by atoms with Gasteiger partial charge < -0.3 is 25.0 Å². The van der Waals surface area contributed by atoms with Crippen molar-refractivity contribution >= 4 is 35.6 Å². The van der Waals surface area contributed by atoms with Crippen LogP contribution in [0.15, 0.2) is 23.2 Å². The Morgan fingerprint density at radius 1 is 1.31 bits per heavy atom. The number of ether oxygens (including phenoxy) is 2. The fraction of sp³-hybridized carbons (Fsp3) is 0.632. The molecule has 1 fully saturated rings. The summed E-state index contributed by atoms with van der Waals surface area (Å²) in [6, 6.07) is 5.81. The van der Waals surface area contributed by atoms with Crippen LogP contribution in [0.25, 0.3) is 0 Å². The average molecular weight is 476 g/mol. The summed E-state index contributed by atoms with van der Waals surface area (Å²) in [6.07, 6.45) is 2.56. The lowest BCUT2D eigenvalue weighted by atomic mass is 9.98. The van der Waals surface area contributed by atoms with Gasteiger partial charge in [0.2, 0.25) is 0 Å². The number of guanidine groups is 1. The summed E-state index contributed by atoms with van der Waals surface area (Å²) < 4.78 is 11.0. The van der Waals surface area contributed by atoms with E-state index in [4.69, 9.17) is 9.47 Å². The van der Waals surface area contributed by atoms with Crippen molar-refractivity contribution in [3.05, 3.63) is 18.2 Å². The highest BCUT2D eigenvalue weighted by Crippen LogP contribution is 2.30. The van der Waals surface area contributed by atoms with Gasteiger partial charge in [-0.3, -0.25) is 4.99 Å². The molecule has 0 spiro atoms. The first-order valence-corrected chi connectivity index (χ1v) is 9.21. The van der Waals surface area contributed by atoms with E-state index in [0.29, 0.717) is 12.5 Å². The van der Waals surface area contributed by atoms with E-state index in [2.05, 4.69) is 27.4 Å². The van der Waals surface area contributed by atoms with Gasteiger partial charge in [0.25, 0.3) is 0 Å². The minimum absolute atomic E-state index is 0. The fourth-order valence-corrected chi connectivity index (χ4v) is 3.18. The molecule has 1 atom stereocenters. The standard InChI is InChI=1S/C19H32N4O2.HI/c1-5-23-11-7-8-15(14-23)13-21-19(20-3)22-16-9-10-17(24-4)18(12-16)25-6-2;/h9-10,12,15H,5-8,11,13-14H2,1-4H3,(H2,20,21,22);1H. The van der Waals surface area contributed by atoms with Gasteiger partial charge in [0.1, 0.15) is 0 Å². The molecule has 1 heterocycles. The molecule has 1 aliphatic heterocycles. The van der Waals surface area contributed by atoms with Crippen molar-refractivity contribution in [1.82, 2.24) is 10.2 Å². The average Bonchev–Trinajstić information content (AvgIpc) is 2.65. The molecular formula is C19H33IN4O2. The molecule has 7 heteroatoms. The number of methoxy groups -OCH3 is 1. The molecule has 1 aliphatic rings. The van der Waals surface area contributed by atoms with Gasteiger partial charge in [0, 0.05) is 31.9 Å². The molecule has 0 aliphatic carbocycles. The Kier molecular flexibility index (Phi) is 10.7. The van der Waals surface area contributed by atoms with Crippen molar-refractivity contribution in [1.29, 1.82) is 0 Å². The normalized spacial score (nSPS) is 18.0. The van der Waals surface area contributed by atoms with Crippen LogP contribution in [0.5, 0.6) is 11.5 Å². The maximum atomic E-state index is 5.63. The second-order valence-electron chi connectivity index (χ2n) is 6.28. The summed E-state index contributed by atoms with van der Waals surface area (Å²) in [5.41, 5.74) is 0.927. The molecule has 0 saturated carbocycles. The van der Waals surface area contributed by atoms with Crippen molar-refractivity contribution in [2.45, 2.75) is 26.7 Å². The number of anilines is 1. The van der Waals surface area contributed by atoms with E-state index in [1.54, 1.807) is 14.2 Å². The molecule has 2 N–H and O–H groups in total. The van der Waals surface area contributed by atoms with Crippen molar-refractivity contribution in [3.63, 3.8) is 0 Å². The van der Waals surface area contributed by atoms with Crippen LogP contribution in [0.3, 0.4) is 0 Å². The van der Waals surface area contributed by atoms with E-state index in [9.17, 15) is 0 Å². The Labute approximate surface area is 174 Å². The van der Waals surface area contributed by atoms with Crippen LogP contribution in [0, 0.1) is 5.92 Å². The topological polar surface area (TPSA) is 58.1 Å². The third-order valence-corrected chi connectivity index (χ3v) is 4.56. The lowest BCUT2D eigenvalue weighted by molar-refractivity contribution is 0.183. The number of piperidine rings is 1. The molecule has 148 valence electrons. The minimum Gasteiger partial charge on any atom is -0.493 e. The first kappa shape index (κ1) is 22.8. The van der Waals surface area contributed by atoms with Gasteiger partial charge in [0.05, 0.1) is 13.7 Å². The molecule has 1 unspecified atom stereocenters. The molecule has 1 aromatic rings. The van der Waals surface area contributed by atoms with Crippen molar-refractivity contribution in [2.24, 2.45) is 10.9 Å². The Bertz CT molecular complexity index is 568. The summed E-state index contributed by atoms with van der Waals surface area (Å²) in [5, 5.41) is 6.79. The van der Waals surface area contributed by atoms with Crippen molar-refractivity contribution in [2.75, 3.05) is 52.3 Å². The lowest BCUT2D eigenvalue weighted by Gasteiger charge is -2.32. The molecule has 0 aromatic heterocycles. The number of benzene rings is 1. The SMILES string of the molecule is CCOc1cc(NC(=NC)NCC2CCCN(CC)C2)ccc1OC.I. The summed E-state index contributed by atoms with van der Waals surface area (Å²) in [6.45, 7) is 9.26. The van der Waals surface area contributed by atoms with E-state index in [1.807, 2.05) is 25.1 Å². The minimum atomic E-state index is 0. The van der Waals surface area contributed by atoms with Gasteiger partial charge in [0.15, 0.2) is 17.5 Å². The highest BCUT2D eigenvalue weighted by atomic mass is 127. The summed E-state index contributed by atoms with van der Waals surface area (Å²) in [4.78, 5) is 6.85. The van der Waals surface area contributed by atoms with Gasteiger partial charge in [-0.05, 0) is 50.9 Å². The predicted octanol–water partition coefficient (Wildman–Crippen LogP) is 3.43. The second-order valence-corrected chi connectivity index (χ2v) is 6.28. The van der Waals surface area contributed by atoms with Crippen LogP contribution in [-0.2, 0) is 0 Å². The van der Waals surface area contributed by atoms with Gasteiger partial charge in [-0.1, -0.05) is 6.92 Å². The van der Waals surface area contributed by atoms with Gasteiger partial charge in [-0.2, -0.15) is 0 Å². The molecule has 0 bridgehead atoms. The van der Waals surface area contributed by atoms with Crippen LogP contribution in [0.2, 0.25) is 0 Å². The van der Waals surface area contributed by atoms with Crippen LogP contribution >= 0.6 is 24.0 Å². The van der Waals surface area contributed by atoms with E-state index < -0.39 is 0 Å². The van der Waals surface area contributed by atoms with Crippen molar-refractivity contribution in [3.8, 4) is 11.5 Å². The number of rotatable bonds is 7. The molecule has 1 saturated heterocycles. The van der Waals surface area contributed by atoms with E-state index in [-0.39, 0.29) is 24.0 Å². The quantitative estimate of drug-likeness (QED) is 0.359. The third-order valence-electron chi connectivity index (χ3n) is 4.56. The van der Waals surface area contributed by atoms with Gasteiger partial charge in [-0.15, -0.1) is 24.0 Å². The first-order chi connectivity index (χ1) is 12.2. The lowest BCUT2D eigenvalue weighted by Crippen LogP contribution is -2.42. The maximum Gasteiger partial charge on any atom is 0.195 e. The zero-order chi connectivity index (χ0) is 18.1. The summed E-state index contributed by atoms with van der Waals surface area (Å²) >= 11 is 0. The number of hydrogen-bond donors (Lipinski definition) is 2. The number of halogens is 1. The number of nitrogens with zero attached hydrogens (tertiary/aromatic N) is 2. The summed E-state index contributed by atoms with van der Waals surface area (Å²) in [7, 11) is 3.44. The van der Waals surface area contributed by atoms with Crippen LogP contribution in [0.1, 0.15) is 26.7 Å². The Hall–Kier alpha value is -1.22. The van der Waals surface area contributed by atoms with E-state index in [0.717, 1.165) is 42.8 Å². The number of likely N-dealkylation sites (tertiary alicyclic amines) is 1. The zero-order valence-electron chi connectivity index (χ0n) is 16.4. The van der Waals surface area contributed by atoms with E-state index >= 15 is 0 Å². The second kappa shape index (κ2) is 12.2. The Morgan fingerprint density at radius 2 is 2.12 bits per heavy atom. The van der Waals surface area contributed by atoms with Crippen LogP contribution < -0.4 is 20.1 Å². The number of aliphatic imine (C=N–C) groups is 1. The molecule has 2 rings (SSSR count).